The fourth-order valence-electron chi connectivity index (χ4n) is 5.92. The molecule has 1 aromatic rings. The average Bonchev–Trinajstić information content (AvgIpc) is 3.75. The van der Waals surface area contributed by atoms with Crippen molar-refractivity contribution in [1.82, 2.24) is 20.4 Å². The van der Waals surface area contributed by atoms with Crippen LogP contribution in [0.25, 0.3) is 0 Å². The Hall–Kier alpha value is -3.16. The minimum atomic E-state index is -0.536. The topological polar surface area (TPSA) is 118 Å². The molecule has 3 amide bonds. The summed E-state index contributed by atoms with van der Waals surface area (Å²) in [4.78, 5) is 44.3. The van der Waals surface area contributed by atoms with E-state index in [-0.39, 0.29) is 42.8 Å². The van der Waals surface area contributed by atoms with Crippen LogP contribution in [-0.2, 0) is 19.1 Å². The van der Waals surface area contributed by atoms with Gasteiger partial charge < -0.3 is 30.1 Å². The maximum Gasteiger partial charge on any atom is 0.243 e. The highest BCUT2D eigenvalue weighted by molar-refractivity contribution is 5.90. The van der Waals surface area contributed by atoms with E-state index in [0.717, 1.165) is 50.0 Å². The summed E-state index contributed by atoms with van der Waals surface area (Å²) in [6.45, 7) is 7.55. The number of hydrogen-bond acceptors (Lipinski definition) is 7. The Morgan fingerprint density at radius 3 is 2.52 bits per heavy atom. The largest absolute Gasteiger partial charge is 0.381 e. The lowest BCUT2D eigenvalue weighted by Gasteiger charge is -2.26. The van der Waals surface area contributed by atoms with Crippen LogP contribution in [0.1, 0.15) is 69.9 Å². The summed E-state index contributed by atoms with van der Waals surface area (Å²) in [6, 6.07) is 9.49. The van der Waals surface area contributed by atoms with Gasteiger partial charge in [-0.3, -0.25) is 14.4 Å². The molecule has 0 spiro atoms. The van der Waals surface area contributed by atoms with Crippen molar-refractivity contribution in [1.29, 1.82) is 5.26 Å². The molecule has 40 heavy (non-hydrogen) atoms. The first-order valence-corrected chi connectivity index (χ1v) is 14.9. The number of hydrogen-bond donors (Lipinski definition) is 2. The molecule has 0 aromatic heterocycles. The van der Waals surface area contributed by atoms with Crippen LogP contribution in [-0.4, -0.2) is 92.1 Å². The average molecular weight is 553 g/mol. The van der Waals surface area contributed by atoms with Gasteiger partial charge >= 0.3 is 0 Å². The number of benzene rings is 1. The van der Waals surface area contributed by atoms with Crippen LogP contribution in [0.15, 0.2) is 24.3 Å². The van der Waals surface area contributed by atoms with Crippen LogP contribution in [0.4, 0.5) is 5.69 Å². The molecular formula is C30H44N6O4. The molecule has 0 bridgehead atoms. The van der Waals surface area contributed by atoms with Crippen molar-refractivity contribution in [2.45, 2.75) is 76.4 Å². The van der Waals surface area contributed by atoms with E-state index < -0.39 is 6.04 Å². The molecule has 3 atom stereocenters. The van der Waals surface area contributed by atoms with Crippen LogP contribution in [0, 0.1) is 11.3 Å². The monoisotopic (exact) mass is 552 g/mol. The van der Waals surface area contributed by atoms with Crippen LogP contribution in [0.2, 0.25) is 0 Å². The fourth-order valence-corrected chi connectivity index (χ4v) is 5.92. The van der Waals surface area contributed by atoms with Crippen molar-refractivity contribution in [2.24, 2.45) is 0 Å². The van der Waals surface area contributed by atoms with E-state index in [9.17, 15) is 19.6 Å². The Labute approximate surface area is 238 Å². The van der Waals surface area contributed by atoms with Gasteiger partial charge in [-0.25, -0.2) is 0 Å². The predicted octanol–water partition coefficient (Wildman–Crippen LogP) is 2.36. The molecule has 0 radical (unpaired) electrons. The lowest BCUT2D eigenvalue weighted by atomic mass is 10.1. The van der Waals surface area contributed by atoms with E-state index in [4.69, 9.17) is 4.74 Å². The standard InChI is InChI=1S/C30H44N6O4/c1-23(24-9-11-25(12-10-24)35-17-4-7-26(35)21-31)33-30(39)27-8-5-18-36(27)29(38)22-32-28(37)13-20-40-19-6-16-34-14-2-3-15-34/h9-12,23,26-27H,2-8,13-20,22H2,1H3,(H,32,37)(H,33,39). The molecule has 0 aliphatic carbocycles. The number of anilines is 1. The summed E-state index contributed by atoms with van der Waals surface area (Å²) in [5.41, 5.74) is 1.98. The molecule has 0 saturated carbocycles. The fraction of sp³-hybridized carbons (Fsp3) is 0.667. The highest BCUT2D eigenvalue weighted by Gasteiger charge is 2.34. The third-order valence-electron chi connectivity index (χ3n) is 8.23. The van der Waals surface area contributed by atoms with Gasteiger partial charge in [0.25, 0.3) is 0 Å². The maximum atomic E-state index is 13.1. The molecule has 218 valence electrons. The molecule has 3 saturated heterocycles. The quantitative estimate of drug-likeness (QED) is 0.361. The Morgan fingerprint density at radius 1 is 1.02 bits per heavy atom. The molecule has 3 heterocycles. The van der Waals surface area contributed by atoms with Crippen LogP contribution in [0.3, 0.4) is 0 Å². The van der Waals surface area contributed by atoms with Crippen molar-refractivity contribution in [3.8, 4) is 6.07 Å². The minimum Gasteiger partial charge on any atom is -0.381 e. The summed E-state index contributed by atoms with van der Waals surface area (Å²) in [5.74, 6) is -0.646. The molecule has 2 N–H and O–H groups in total. The van der Waals surface area contributed by atoms with Gasteiger partial charge in [0.15, 0.2) is 0 Å². The van der Waals surface area contributed by atoms with Crippen molar-refractivity contribution < 1.29 is 19.1 Å². The Balaban J connectivity index is 1.15. The minimum absolute atomic E-state index is 0.0820. The number of nitriles is 1. The molecule has 3 aliphatic heterocycles. The third kappa shape index (κ3) is 8.18. The van der Waals surface area contributed by atoms with Gasteiger partial charge in [0, 0.05) is 38.3 Å². The Kier molecular flexibility index (Phi) is 11.2. The summed E-state index contributed by atoms with van der Waals surface area (Å²) in [6.07, 6.45) is 6.99. The Morgan fingerprint density at radius 2 is 1.77 bits per heavy atom. The second-order valence-electron chi connectivity index (χ2n) is 11.1. The van der Waals surface area contributed by atoms with Crippen LogP contribution in [0.5, 0.6) is 0 Å². The van der Waals surface area contributed by atoms with Gasteiger partial charge in [0.1, 0.15) is 12.1 Å². The van der Waals surface area contributed by atoms with Gasteiger partial charge in [0.2, 0.25) is 17.7 Å². The zero-order valence-corrected chi connectivity index (χ0v) is 23.8. The van der Waals surface area contributed by atoms with Crippen molar-refractivity contribution in [3.63, 3.8) is 0 Å². The summed E-state index contributed by atoms with van der Waals surface area (Å²) >= 11 is 0. The van der Waals surface area contributed by atoms with E-state index in [1.54, 1.807) is 4.90 Å². The smallest absolute Gasteiger partial charge is 0.243 e. The lowest BCUT2D eigenvalue weighted by Crippen LogP contribution is -2.49. The molecular weight excluding hydrogens is 508 g/mol. The van der Waals surface area contributed by atoms with Gasteiger partial charge in [-0.05, 0) is 82.7 Å². The van der Waals surface area contributed by atoms with Crippen molar-refractivity contribution in [3.05, 3.63) is 29.8 Å². The number of amides is 3. The second kappa shape index (κ2) is 15.0. The van der Waals surface area contributed by atoms with Crippen LogP contribution >= 0.6 is 0 Å². The summed E-state index contributed by atoms with van der Waals surface area (Å²) in [5, 5.41) is 15.1. The first kappa shape index (κ1) is 29.8. The number of nitrogens with one attached hydrogen (secondary N) is 2. The summed E-state index contributed by atoms with van der Waals surface area (Å²) in [7, 11) is 0. The highest BCUT2D eigenvalue weighted by atomic mass is 16.5. The van der Waals surface area contributed by atoms with Gasteiger partial charge in [-0.2, -0.15) is 5.26 Å². The normalized spacial score (nSPS) is 21.8. The van der Waals surface area contributed by atoms with E-state index in [0.29, 0.717) is 26.2 Å². The van der Waals surface area contributed by atoms with E-state index in [1.807, 2.05) is 31.2 Å². The second-order valence-corrected chi connectivity index (χ2v) is 11.1. The van der Waals surface area contributed by atoms with E-state index >= 15 is 0 Å². The molecule has 10 heteroatoms. The number of rotatable bonds is 13. The van der Waals surface area contributed by atoms with Crippen molar-refractivity contribution in [2.75, 3.05) is 57.4 Å². The first-order chi connectivity index (χ1) is 19.5. The molecule has 3 unspecified atom stereocenters. The predicted molar refractivity (Wildman–Crippen MR) is 152 cm³/mol. The SMILES string of the molecule is CC(NC(=O)C1CCCN1C(=O)CNC(=O)CCOCCCN1CCCC1)c1ccc(N2CCCC2C#N)cc1. The first-order valence-electron chi connectivity index (χ1n) is 14.9. The zero-order chi connectivity index (χ0) is 28.3. The number of ether oxygens (including phenoxy) is 1. The maximum absolute atomic E-state index is 13.1. The van der Waals surface area contributed by atoms with Crippen molar-refractivity contribution >= 4 is 23.4 Å². The molecule has 3 fully saturated rings. The number of carbonyl (C=O) groups excluding carboxylic acids is 3. The lowest BCUT2D eigenvalue weighted by molar-refractivity contribution is -0.139. The third-order valence-corrected chi connectivity index (χ3v) is 8.23. The van der Waals surface area contributed by atoms with Gasteiger partial charge in [-0.1, -0.05) is 12.1 Å². The van der Waals surface area contributed by atoms with Crippen LogP contribution < -0.4 is 15.5 Å². The number of carbonyl (C=O) groups is 3. The highest BCUT2D eigenvalue weighted by Crippen LogP contribution is 2.27. The number of likely N-dealkylation sites (tertiary alicyclic amines) is 2. The summed E-state index contributed by atoms with van der Waals surface area (Å²) < 4.78 is 5.58. The Bertz CT molecular complexity index is 1040. The molecule has 10 nitrogen and oxygen atoms in total. The van der Waals surface area contributed by atoms with E-state index in [2.05, 4.69) is 26.5 Å². The van der Waals surface area contributed by atoms with Gasteiger partial charge in [0.05, 0.1) is 25.3 Å². The molecule has 1 aromatic carbocycles. The molecule has 4 rings (SSSR count). The van der Waals surface area contributed by atoms with E-state index in [1.165, 1.54) is 25.9 Å². The van der Waals surface area contributed by atoms with Gasteiger partial charge in [-0.15, -0.1) is 0 Å². The zero-order valence-electron chi connectivity index (χ0n) is 23.8. The number of nitrogens with zero attached hydrogens (tertiary/aromatic N) is 4. The molecule has 3 aliphatic rings.